The van der Waals surface area contributed by atoms with Crippen molar-refractivity contribution in [2.75, 3.05) is 0 Å². The van der Waals surface area contributed by atoms with E-state index in [2.05, 4.69) is 41.5 Å². The van der Waals surface area contributed by atoms with Crippen molar-refractivity contribution in [3.63, 3.8) is 0 Å². The first-order valence-corrected chi connectivity index (χ1v) is 9.75. The lowest BCUT2D eigenvalue weighted by atomic mass is 9.72. The quantitative estimate of drug-likeness (QED) is 0.440. The molecule has 0 amide bonds. The van der Waals surface area contributed by atoms with Gasteiger partial charge in [0.1, 0.15) is 6.10 Å². The Labute approximate surface area is 151 Å². The summed E-state index contributed by atoms with van der Waals surface area (Å²) < 4.78 is 19.3. The van der Waals surface area contributed by atoms with E-state index in [9.17, 15) is 14.3 Å². The summed E-state index contributed by atoms with van der Waals surface area (Å²) >= 11 is 0. The highest BCUT2D eigenvalue weighted by atomic mass is 32.2. The number of para-hydroxylation sites is 1. The Morgan fingerprint density at radius 1 is 1.04 bits per heavy atom. The minimum Gasteiger partial charge on any atom is -0.351 e. The Bertz CT molecular complexity index is 785. The van der Waals surface area contributed by atoms with Crippen molar-refractivity contribution < 1.29 is 13.9 Å². The fourth-order valence-corrected chi connectivity index (χ4v) is 6.34. The summed E-state index contributed by atoms with van der Waals surface area (Å²) in [6.45, 7) is 12.7. The molecule has 2 heterocycles. The van der Waals surface area contributed by atoms with E-state index >= 15 is 0 Å². The van der Waals surface area contributed by atoms with Gasteiger partial charge in [0.15, 0.2) is 5.44 Å². The molecule has 0 spiro atoms. The van der Waals surface area contributed by atoms with E-state index in [1.165, 1.54) is 6.07 Å². The normalized spacial score (nSPS) is 29.4. The van der Waals surface area contributed by atoms with Gasteiger partial charge in [-0.25, -0.2) is 0 Å². The fraction of sp³-hybridized carbons (Fsp3) is 0.579. The summed E-state index contributed by atoms with van der Waals surface area (Å²) in [6.07, 6.45) is -0.534. The highest BCUT2D eigenvalue weighted by molar-refractivity contribution is 7.87. The first-order chi connectivity index (χ1) is 11.4. The fourth-order valence-electron chi connectivity index (χ4n) is 3.97. The molecular formula is C19H25NO4S. The van der Waals surface area contributed by atoms with Gasteiger partial charge in [0.2, 0.25) is 0 Å². The molecule has 136 valence electrons. The molecule has 1 saturated heterocycles. The van der Waals surface area contributed by atoms with Crippen LogP contribution in [0.4, 0.5) is 5.69 Å². The number of ether oxygens (including phenoxy) is 1. The predicted molar refractivity (Wildman–Crippen MR) is 98.6 cm³/mol. The molecule has 6 heteroatoms. The lowest BCUT2D eigenvalue weighted by Crippen LogP contribution is -2.32. The minimum absolute atomic E-state index is 0.0302. The van der Waals surface area contributed by atoms with Crippen LogP contribution in [0.5, 0.6) is 0 Å². The molecule has 0 aliphatic carbocycles. The number of nitrogens with zero attached hydrogens (tertiary/aromatic N) is 1. The van der Waals surface area contributed by atoms with Crippen LogP contribution in [0.1, 0.15) is 53.2 Å². The predicted octanol–water partition coefficient (Wildman–Crippen LogP) is 4.51. The Kier molecular flexibility index (Phi) is 4.20. The van der Waals surface area contributed by atoms with Crippen molar-refractivity contribution in [2.45, 2.75) is 58.3 Å². The topological polar surface area (TPSA) is 69.4 Å². The van der Waals surface area contributed by atoms with Crippen molar-refractivity contribution in [3.8, 4) is 0 Å². The van der Waals surface area contributed by atoms with Crippen LogP contribution in [-0.4, -0.2) is 19.8 Å². The van der Waals surface area contributed by atoms with Crippen LogP contribution in [0.3, 0.4) is 0 Å². The molecule has 1 aromatic carbocycles. The third-order valence-corrected chi connectivity index (χ3v) is 6.63. The van der Waals surface area contributed by atoms with Crippen LogP contribution in [0.15, 0.2) is 35.4 Å². The maximum absolute atomic E-state index is 13.1. The van der Waals surface area contributed by atoms with Gasteiger partial charge >= 0.3 is 0 Å². The van der Waals surface area contributed by atoms with Gasteiger partial charge in [-0.05, 0) is 28.0 Å². The zero-order valence-electron chi connectivity index (χ0n) is 15.5. The summed E-state index contributed by atoms with van der Waals surface area (Å²) in [4.78, 5) is 11.0. The van der Waals surface area contributed by atoms with E-state index in [1.807, 2.05) is 0 Å². The highest BCUT2D eigenvalue weighted by Crippen LogP contribution is 2.57. The molecule has 0 saturated carbocycles. The number of nitro groups is 1. The second kappa shape index (κ2) is 5.74. The Morgan fingerprint density at radius 3 is 2.12 bits per heavy atom. The molecule has 4 atom stereocenters. The zero-order valence-corrected chi connectivity index (χ0v) is 16.3. The molecule has 25 heavy (non-hydrogen) atoms. The number of hydrogen-bond acceptors (Lipinski definition) is 4. The standard InChI is InChI=1S/C19H25NO4S/c1-18(2,3)13-14(19(4,5)6)17-24-15(16(13)25(17)23)11-9-7-8-10-12(11)20(21)22/h7-10,15-17H,1-6H3/t15-,16-,17+,25?/m0/s1. The minimum atomic E-state index is -1.23. The molecule has 1 unspecified atom stereocenters. The number of benzene rings is 1. The summed E-state index contributed by atoms with van der Waals surface area (Å²) in [5.41, 5.74) is 1.96. The lowest BCUT2D eigenvalue weighted by molar-refractivity contribution is -0.386. The van der Waals surface area contributed by atoms with Gasteiger partial charge in [0.05, 0.1) is 26.5 Å². The number of fused-ring (bicyclic) bond motifs is 2. The maximum atomic E-state index is 13.1. The SMILES string of the molecule is CC(C)(C)C1=C(C(C)(C)C)[C@H]2[C@H](c3ccccc3[N+](=O)[O-])O[C@@H]1S2=O. The average molecular weight is 363 g/mol. The van der Waals surface area contributed by atoms with Gasteiger partial charge in [0, 0.05) is 6.07 Å². The largest absolute Gasteiger partial charge is 0.351 e. The van der Waals surface area contributed by atoms with Crippen molar-refractivity contribution in [2.24, 2.45) is 10.8 Å². The number of hydrogen-bond donors (Lipinski definition) is 0. The molecule has 5 nitrogen and oxygen atoms in total. The molecule has 2 aliphatic heterocycles. The van der Waals surface area contributed by atoms with Crippen LogP contribution in [-0.2, 0) is 15.5 Å². The van der Waals surface area contributed by atoms with E-state index in [1.54, 1.807) is 18.2 Å². The molecule has 2 bridgehead atoms. The average Bonchev–Trinajstić information content (AvgIpc) is 2.96. The van der Waals surface area contributed by atoms with E-state index in [4.69, 9.17) is 4.74 Å². The van der Waals surface area contributed by atoms with Gasteiger partial charge < -0.3 is 4.74 Å². The second-order valence-corrected chi connectivity index (χ2v) is 10.4. The number of rotatable bonds is 2. The van der Waals surface area contributed by atoms with E-state index in [0.717, 1.165) is 11.1 Å². The summed E-state index contributed by atoms with van der Waals surface area (Å²) in [6, 6.07) is 6.62. The van der Waals surface area contributed by atoms with Crippen molar-refractivity contribution in [3.05, 3.63) is 51.1 Å². The first-order valence-electron chi connectivity index (χ1n) is 8.47. The molecule has 0 aromatic heterocycles. The van der Waals surface area contributed by atoms with Crippen LogP contribution >= 0.6 is 0 Å². The molecule has 1 aromatic rings. The van der Waals surface area contributed by atoms with E-state index in [0.29, 0.717) is 5.56 Å². The van der Waals surface area contributed by atoms with Gasteiger partial charge in [-0.2, -0.15) is 0 Å². The van der Waals surface area contributed by atoms with Crippen molar-refractivity contribution >= 4 is 16.5 Å². The second-order valence-electron chi connectivity index (χ2n) is 8.78. The van der Waals surface area contributed by atoms with Gasteiger partial charge in [-0.3, -0.25) is 14.3 Å². The van der Waals surface area contributed by atoms with E-state index in [-0.39, 0.29) is 21.8 Å². The van der Waals surface area contributed by atoms with Crippen LogP contribution in [0, 0.1) is 20.9 Å². The molecule has 0 radical (unpaired) electrons. The lowest BCUT2D eigenvalue weighted by Gasteiger charge is -2.37. The monoisotopic (exact) mass is 363 g/mol. The van der Waals surface area contributed by atoms with Crippen LogP contribution in [0.2, 0.25) is 0 Å². The third kappa shape index (κ3) is 2.85. The van der Waals surface area contributed by atoms with Crippen LogP contribution in [0.25, 0.3) is 0 Å². The van der Waals surface area contributed by atoms with Gasteiger partial charge in [-0.15, -0.1) is 0 Å². The molecular weight excluding hydrogens is 338 g/mol. The smallest absolute Gasteiger partial charge is 0.275 e. The van der Waals surface area contributed by atoms with Crippen molar-refractivity contribution in [1.29, 1.82) is 0 Å². The molecule has 1 fully saturated rings. The van der Waals surface area contributed by atoms with E-state index < -0.39 is 27.3 Å². The Morgan fingerprint density at radius 2 is 1.60 bits per heavy atom. The molecule has 2 aliphatic rings. The Hall–Kier alpha value is -1.53. The zero-order chi connectivity index (χ0) is 18.7. The first kappa shape index (κ1) is 18.3. The van der Waals surface area contributed by atoms with Gasteiger partial charge in [0.25, 0.3) is 5.69 Å². The molecule has 0 N–H and O–H groups in total. The Balaban J connectivity index is 2.18. The summed E-state index contributed by atoms with van der Waals surface area (Å²) in [5.74, 6) is 0. The summed E-state index contributed by atoms with van der Waals surface area (Å²) in [5, 5.41) is 11.1. The van der Waals surface area contributed by atoms with Crippen molar-refractivity contribution in [1.82, 2.24) is 0 Å². The van der Waals surface area contributed by atoms with Gasteiger partial charge in [-0.1, -0.05) is 53.7 Å². The van der Waals surface area contributed by atoms with Crippen LogP contribution < -0.4 is 0 Å². The maximum Gasteiger partial charge on any atom is 0.275 e. The summed E-state index contributed by atoms with van der Waals surface area (Å²) in [7, 11) is -1.23. The molecule has 3 rings (SSSR count). The third-order valence-electron chi connectivity index (χ3n) is 4.87. The number of nitro benzene ring substituents is 1. The highest BCUT2D eigenvalue weighted by Gasteiger charge is 2.58.